The molecule has 0 amide bonds. The van der Waals surface area contributed by atoms with Crippen molar-refractivity contribution >= 4 is 5.97 Å². The van der Waals surface area contributed by atoms with Crippen molar-refractivity contribution in [3.05, 3.63) is 11.6 Å². The fourth-order valence-electron chi connectivity index (χ4n) is 1.28. The van der Waals surface area contributed by atoms with E-state index < -0.39 is 11.6 Å². The lowest BCUT2D eigenvalue weighted by atomic mass is 10.0. The first-order valence-corrected chi connectivity index (χ1v) is 5.41. The first-order valence-electron chi connectivity index (χ1n) is 5.41. The van der Waals surface area contributed by atoms with E-state index in [1.165, 1.54) is 7.11 Å². The van der Waals surface area contributed by atoms with Gasteiger partial charge in [0, 0.05) is 7.11 Å². The van der Waals surface area contributed by atoms with Crippen LogP contribution in [0.1, 0.15) is 43.6 Å². The minimum absolute atomic E-state index is 0.0771. The van der Waals surface area contributed by atoms with Gasteiger partial charge in [-0.1, -0.05) is 6.92 Å². The Labute approximate surface area is 99.5 Å². The molecule has 0 aromatic carbocycles. The standard InChI is InChI=1S/C11H17NO5/c1-5-11(3,15-4)10-12-7(8(13)14)9(17-10)16-6-2/h5-6H2,1-4H3,(H,13,14). The van der Waals surface area contributed by atoms with Crippen LogP contribution in [0.4, 0.5) is 0 Å². The Kier molecular flexibility index (Phi) is 4.11. The average Bonchev–Trinajstić information content (AvgIpc) is 2.73. The van der Waals surface area contributed by atoms with E-state index in [1.807, 2.05) is 6.92 Å². The van der Waals surface area contributed by atoms with Gasteiger partial charge < -0.3 is 19.0 Å². The number of methoxy groups -OCH3 is 1. The molecule has 1 rings (SSSR count). The van der Waals surface area contributed by atoms with Crippen LogP contribution in [-0.2, 0) is 10.3 Å². The zero-order chi connectivity index (χ0) is 13.1. The second-order valence-corrected chi connectivity index (χ2v) is 3.68. The Balaban J connectivity index is 3.19. The second kappa shape index (κ2) is 5.18. The normalized spacial score (nSPS) is 14.4. The fraction of sp³-hybridized carbons (Fsp3) is 0.636. The maximum absolute atomic E-state index is 11.0. The molecule has 1 N–H and O–H groups in total. The van der Waals surface area contributed by atoms with Gasteiger partial charge in [-0.2, -0.15) is 0 Å². The van der Waals surface area contributed by atoms with Crippen molar-refractivity contribution in [2.75, 3.05) is 13.7 Å². The summed E-state index contributed by atoms with van der Waals surface area (Å²) in [5, 5.41) is 8.97. The van der Waals surface area contributed by atoms with Gasteiger partial charge in [0.2, 0.25) is 11.6 Å². The molecule has 1 atom stereocenters. The molecule has 6 heteroatoms. The van der Waals surface area contributed by atoms with E-state index in [2.05, 4.69) is 4.98 Å². The van der Waals surface area contributed by atoms with Gasteiger partial charge in [0.15, 0.2) is 0 Å². The van der Waals surface area contributed by atoms with Crippen LogP contribution in [0.25, 0.3) is 0 Å². The van der Waals surface area contributed by atoms with Crippen LogP contribution in [0.15, 0.2) is 4.42 Å². The molecule has 0 saturated carbocycles. The van der Waals surface area contributed by atoms with Crippen LogP contribution in [0.2, 0.25) is 0 Å². The Bertz CT molecular complexity index is 395. The van der Waals surface area contributed by atoms with Crippen molar-refractivity contribution < 1.29 is 23.8 Å². The molecule has 0 aliphatic rings. The van der Waals surface area contributed by atoms with Crippen molar-refractivity contribution in [1.82, 2.24) is 4.98 Å². The number of carboxylic acids is 1. The van der Waals surface area contributed by atoms with Crippen LogP contribution in [0.5, 0.6) is 5.95 Å². The monoisotopic (exact) mass is 243 g/mol. The van der Waals surface area contributed by atoms with E-state index in [-0.39, 0.29) is 17.5 Å². The van der Waals surface area contributed by atoms with Gasteiger partial charge in [-0.25, -0.2) is 9.78 Å². The molecule has 0 aliphatic heterocycles. The van der Waals surface area contributed by atoms with Crippen molar-refractivity contribution in [1.29, 1.82) is 0 Å². The molecule has 6 nitrogen and oxygen atoms in total. The molecular weight excluding hydrogens is 226 g/mol. The molecule has 0 saturated heterocycles. The maximum Gasteiger partial charge on any atom is 0.362 e. The number of hydrogen-bond acceptors (Lipinski definition) is 5. The lowest BCUT2D eigenvalue weighted by Crippen LogP contribution is -2.23. The van der Waals surface area contributed by atoms with Crippen LogP contribution in [0.3, 0.4) is 0 Å². The van der Waals surface area contributed by atoms with Crippen LogP contribution >= 0.6 is 0 Å². The van der Waals surface area contributed by atoms with Gasteiger partial charge in [-0.15, -0.1) is 0 Å². The van der Waals surface area contributed by atoms with Gasteiger partial charge >= 0.3 is 11.9 Å². The van der Waals surface area contributed by atoms with Gasteiger partial charge in [0.25, 0.3) is 0 Å². The third-order valence-electron chi connectivity index (χ3n) is 2.65. The molecule has 0 fully saturated rings. The van der Waals surface area contributed by atoms with Gasteiger partial charge in [0.1, 0.15) is 5.60 Å². The minimum Gasteiger partial charge on any atom is -0.476 e. The number of oxazole rings is 1. The molecule has 0 aliphatic carbocycles. The van der Waals surface area contributed by atoms with E-state index in [9.17, 15) is 4.79 Å². The largest absolute Gasteiger partial charge is 0.476 e. The SMILES string of the molecule is CCOc1oc(C(C)(CC)OC)nc1C(=O)O. The minimum atomic E-state index is -1.18. The third-order valence-corrected chi connectivity index (χ3v) is 2.65. The molecule has 1 heterocycles. The second-order valence-electron chi connectivity index (χ2n) is 3.68. The van der Waals surface area contributed by atoms with E-state index in [0.29, 0.717) is 13.0 Å². The molecule has 1 aromatic heterocycles. The Morgan fingerprint density at radius 3 is 2.59 bits per heavy atom. The number of aromatic nitrogens is 1. The summed E-state index contributed by atoms with van der Waals surface area (Å²) in [6, 6.07) is 0. The van der Waals surface area contributed by atoms with Crippen LogP contribution < -0.4 is 4.74 Å². The van der Waals surface area contributed by atoms with E-state index in [0.717, 1.165) is 0 Å². The highest BCUT2D eigenvalue weighted by molar-refractivity contribution is 5.87. The van der Waals surface area contributed by atoms with E-state index in [1.54, 1.807) is 13.8 Å². The summed E-state index contributed by atoms with van der Waals surface area (Å²) >= 11 is 0. The summed E-state index contributed by atoms with van der Waals surface area (Å²) in [6.07, 6.45) is 0.606. The maximum atomic E-state index is 11.0. The molecule has 1 unspecified atom stereocenters. The zero-order valence-electron chi connectivity index (χ0n) is 10.4. The molecule has 1 aromatic rings. The highest BCUT2D eigenvalue weighted by Gasteiger charge is 2.33. The smallest absolute Gasteiger partial charge is 0.362 e. The predicted molar refractivity (Wildman–Crippen MR) is 59.3 cm³/mol. The highest BCUT2D eigenvalue weighted by atomic mass is 16.6. The van der Waals surface area contributed by atoms with Crippen molar-refractivity contribution in [2.24, 2.45) is 0 Å². The summed E-state index contributed by atoms with van der Waals surface area (Å²) < 4.78 is 15.7. The number of hydrogen-bond donors (Lipinski definition) is 1. The summed E-state index contributed by atoms with van der Waals surface area (Å²) in [6.45, 7) is 5.72. The zero-order valence-corrected chi connectivity index (χ0v) is 10.4. The summed E-state index contributed by atoms with van der Waals surface area (Å²) in [5.74, 6) is -1.05. The lowest BCUT2D eigenvalue weighted by molar-refractivity contribution is -0.0254. The third kappa shape index (κ3) is 2.58. The van der Waals surface area contributed by atoms with Gasteiger partial charge in [0.05, 0.1) is 6.61 Å². The van der Waals surface area contributed by atoms with Crippen LogP contribution in [0, 0.1) is 0 Å². The van der Waals surface area contributed by atoms with Crippen LogP contribution in [-0.4, -0.2) is 29.8 Å². The first kappa shape index (κ1) is 13.5. The Morgan fingerprint density at radius 1 is 1.53 bits per heavy atom. The summed E-state index contributed by atoms with van der Waals surface area (Å²) in [4.78, 5) is 14.9. The highest BCUT2D eigenvalue weighted by Crippen LogP contribution is 2.32. The molecular formula is C11H17NO5. The first-order chi connectivity index (χ1) is 7.98. The summed E-state index contributed by atoms with van der Waals surface area (Å²) in [7, 11) is 1.52. The number of nitrogens with zero attached hydrogens (tertiary/aromatic N) is 1. The van der Waals surface area contributed by atoms with Crippen molar-refractivity contribution in [2.45, 2.75) is 32.8 Å². The van der Waals surface area contributed by atoms with Gasteiger partial charge in [-0.05, 0) is 20.3 Å². The number of carbonyl (C=O) groups is 1. The molecule has 96 valence electrons. The quantitative estimate of drug-likeness (QED) is 0.823. The lowest BCUT2D eigenvalue weighted by Gasteiger charge is -2.21. The number of rotatable bonds is 6. The van der Waals surface area contributed by atoms with E-state index in [4.69, 9.17) is 19.0 Å². The van der Waals surface area contributed by atoms with Gasteiger partial charge in [-0.3, -0.25) is 0 Å². The van der Waals surface area contributed by atoms with E-state index >= 15 is 0 Å². The molecule has 0 spiro atoms. The number of aromatic carboxylic acids is 1. The Morgan fingerprint density at radius 2 is 2.18 bits per heavy atom. The van der Waals surface area contributed by atoms with Crippen molar-refractivity contribution in [3.8, 4) is 5.95 Å². The average molecular weight is 243 g/mol. The number of ether oxygens (including phenoxy) is 2. The number of carboxylic acid groups (broad SMARTS) is 1. The molecule has 17 heavy (non-hydrogen) atoms. The Hall–Kier alpha value is -1.56. The predicted octanol–water partition coefficient (Wildman–Crippen LogP) is 2.04. The van der Waals surface area contributed by atoms with Crippen molar-refractivity contribution in [3.63, 3.8) is 0 Å². The topological polar surface area (TPSA) is 81.8 Å². The fourth-order valence-corrected chi connectivity index (χ4v) is 1.28. The summed E-state index contributed by atoms with van der Waals surface area (Å²) in [5.41, 5.74) is -0.974. The molecule has 0 radical (unpaired) electrons. The molecule has 0 bridgehead atoms.